The molecular weight excluding hydrogens is 262 g/mol. The molecule has 0 fully saturated rings. The van der Waals surface area contributed by atoms with E-state index in [4.69, 9.17) is 0 Å². The molecule has 0 amide bonds. The normalized spacial score (nSPS) is 11.2. The van der Waals surface area contributed by atoms with Crippen molar-refractivity contribution >= 4 is 34.4 Å². The van der Waals surface area contributed by atoms with Crippen LogP contribution in [0.3, 0.4) is 0 Å². The number of rotatable bonds is 1. The smallest absolute Gasteiger partial charge is 0.0541 e. The third kappa shape index (κ3) is 1.65. The molecule has 0 aliphatic heterocycles. The Labute approximate surface area is 122 Å². The largest absolute Gasteiger partial charge is 0.309 e. The molecule has 2 heteroatoms. The Kier molecular flexibility index (Phi) is 2.57. The van der Waals surface area contributed by atoms with Gasteiger partial charge >= 0.3 is 0 Å². The second-order valence-corrected chi connectivity index (χ2v) is 5.41. The fourth-order valence-electron chi connectivity index (χ4n) is 2.82. The molecule has 96 valence electrons. The van der Waals surface area contributed by atoms with Gasteiger partial charge in [-0.1, -0.05) is 36.4 Å². The average molecular weight is 275 g/mol. The molecule has 4 aromatic rings. The highest BCUT2D eigenvalue weighted by atomic mass is 32.1. The fraction of sp³-hybridized carbons (Fsp3) is 0. The Morgan fingerprint density at radius 2 is 1.35 bits per heavy atom. The van der Waals surface area contributed by atoms with E-state index in [0.717, 1.165) is 4.90 Å². The molecule has 1 heterocycles. The highest BCUT2D eigenvalue weighted by Gasteiger charge is 2.11. The maximum atomic E-state index is 4.47. The summed E-state index contributed by atoms with van der Waals surface area (Å²) >= 11 is 4.47. The van der Waals surface area contributed by atoms with E-state index in [0.29, 0.717) is 0 Å². The minimum atomic E-state index is 0.994. The van der Waals surface area contributed by atoms with E-state index < -0.39 is 0 Å². The van der Waals surface area contributed by atoms with Crippen LogP contribution < -0.4 is 0 Å². The van der Waals surface area contributed by atoms with E-state index in [-0.39, 0.29) is 0 Å². The Hall–Kier alpha value is -2.19. The first-order valence-corrected chi connectivity index (χ1v) is 7.07. The van der Waals surface area contributed by atoms with Crippen LogP contribution in [-0.4, -0.2) is 4.57 Å². The molecule has 0 unspecified atom stereocenters. The molecule has 0 N–H and O–H groups in total. The van der Waals surface area contributed by atoms with Gasteiger partial charge in [-0.2, -0.15) is 0 Å². The molecule has 0 radical (unpaired) electrons. The van der Waals surface area contributed by atoms with Crippen LogP contribution in [0.25, 0.3) is 27.5 Å². The summed E-state index contributed by atoms with van der Waals surface area (Å²) in [5.41, 5.74) is 3.63. The summed E-state index contributed by atoms with van der Waals surface area (Å²) in [5.74, 6) is 0. The van der Waals surface area contributed by atoms with Crippen LogP contribution in [0.4, 0.5) is 0 Å². The number of hydrogen-bond acceptors (Lipinski definition) is 1. The third-order valence-electron chi connectivity index (χ3n) is 3.67. The molecule has 1 nitrogen and oxygen atoms in total. The van der Waals surface area contributed by atoms with Crippen LogP contribution in [0.1, 0.15) is 0 Å². The zero-order valence-electron chi connectivity index (χ0n) is 10.8. The monoisotopic (exact) mass is 275 g/mol. The summed E-state index contributed by atoms with van der Waals surface area (Å²) in [5, 5.41) is 2.51. The molecule has 4 rings (SSSR count). The van der Waals surface area contributed by atoms with Crippen molar-refractivity contribution in [1.29, 1.82) is 0 Å². The van der Waals surface area contributed by atoms with Gasteiger partial charge < -0.3 is 4.57 Å². The first-order chi connectivity index (χ1) is 9.84. The van der Waals surface area contributed by atoms with E-state index in [9.17, 15) is 0 Å². The minimum absolute atomic E-state index is 0.994. The Morgan fingerprint density at radius 1 is 0.650 bits per heavy atom. The van der Waals surface area contributed by atoms with E-state index in [1.165, 1.54) is 27.5 Å². The fourth-order valence-corrected chi connectivity index (χ4v) is 3.02. The van der Waals surface area contributed by atoms with Gasteiger partial charge in [0.25, 0.3) is 0 Å². The van der Waals surface area contributed by atoms with E-state index in [1.807, 2.05) is 12.1 Å². The van der Waals surface area contributed by atoms with E-state index in [2.05, 4.69) is 77.9 Å². The first-order valence-electron chi connectivity index (χ1n) is 6.62. The predicted octanol–water partition coefficient (Wildman–Crippen LogP) is 5.07. The SMILES string of the molecule is Sc1ccc2c(c1)c1ccccc1n2-c1ccccc1. The van der Waals surface area contributed by atoms with E-state index >= 15 is 0 Å². The van der Waals surface area contributed by atoms with Gasteiger partial charge in [-0.05, 0) is 36.4 Å². The molecule has 0 saturated carbocycles. The maximum absolute atomic E-state index is 4.47. The lowest BCUT2D eigenvalue weighted by atomic mass is 10.1. The van der Waals surface area contributed by atoms with Crippen molar-refractivity contribution in [1.82, 2.24) is 4.57 Å². The van der Waals surface area contributed by atoms with Crippen LogP contribution in [0.2, 0.25) is 0 Å². The Balaban J connectivity index is 2.22. The molecule has 0 saturated heterocycles. The number of thiol groups is 1. The van der Waals surface area contributed by atoms with Crippen LogP contribution in [-0.2, 0) is 0 Å². The number of para-hydroxylation sites is 2. The zero-order chi connectivity index (χ0) is 13.5. The molecule has 1 aromatic heterocycles. The van der Waals surface area contributed by atoms with Gasteiger partial charge in [-0.3, -0.25) is 0 Å². The molecule has 0 aliphatic rings. The van der Waals surface area contributed by atoms with E-state index in [1.54, 1.807) is 0 Å². The lowest BCUT2D eigenvalue weighted by Gasteiger charge is -2.07. The second-order valence-electron chi connectivity index (χ2n) is 4.89. The van der Waals surface area contributed by atoms with Gasteiger partial charge in [0.1, 0.15) is 0 Å². The summed E-state index contributed by atoms with van der Waals surface area (Å²) in [4.78, 5) is 0.994. The standard InChI is InChI=1S/C18H13NS/c20-14-10-11-18-16(12-14)15-8-4-5-9-17(15)19(18)13-6-2-1-3-7-13/h1-12,20H. The number of hydrogen-bond donors (Lipinski definition) is 1. The van der Waals surface area contributed by atoms with Gasteiger partial charge in [-0.15, -0.1) is 12.6 Å². The molecule has 0 aliphatic carbocycles. The van der Waals surface area contributed by atoms with Crippen molar-refractivity contribution in [3.05, 3.63) is 72.8 Å². The van der Waals surface area contributed by atoms with Gasteiger partial charge in [-0.25, -0.2) is 0 Å². The highest BCUT2D eigenvalue weighted by molar-refractivity contribution is 7.80. The highest BCUT2D eigenvalue weighted by Crippen LogP contribution is 2.32. The number of nitrogens with zero attached hydrogens (tertiary/aromatic N) is 1. The van der Waals surface area contributed by atoms with Gasteiger partial charge in [0, 0.05) is 21.4 Å². The summed E-state index contributed by atoms with van der Waals surface area (Å²) in [7, 11) is 0. The molecule has 0 atom stereocenters. The summed E-state index contributed by atoms with van der Waals surface area (Å²) in [6.45, 7) is 0. The molecule has 3 aromatic carbocycles. The maximum Gasteiger partial charge on any atom is 0.0541 e. The van der Waals surface area contributed by atoms with Crippen molar-refractivity contribution in [3.8, 4) is 5.69 Å². The van der Waals surface area contributed by atoms with Crippen LogP contribution in [0.15, 0.2) is 77.7 Å². The van der Waals surface area contributed by atoms with Gasteiger partial charge in [0.2, 0.25) is 0 Å². The van der Waals surface area contributed by atoms with Crippen LogP contribution in [0.5, 0.6) is 0 Å². The van der Waals surface area contributed by atoms with Crippen molar-refractivity contribution in [2.75, 3.05) is 0 Å². The lowest BCUT2D eigenvalue weighted by molar-refractivity contribution is 1.18. The van der Waals surface area contributed by atoms with Crippen LogP contribution in [0, 0.1) is 0 Å². The summed E-state index contributed by atoms with van der Waals surface area (Å²) in [6, 6.07) is 25.3. The van der Waals surface area contributed by atoms with Crippen molar-refractivity contribution in [2.24, 2.45) is 0 Å². The number of fused-ring (bicyclic) bond motifs is 3. The van der Waals surface area contributed by atoms with Crippen molar-refractivity contribution in [2.45, 2.75) is 4.90 Å². The van der Waals surface area contributed by atoms with Gasteiger partial charge in [0.05, 0.1) is 11.0 Å². The third-order valence-corrected chi connectivity index (χ3v) is 3.95. The molecule has 20 heavy (non-hydrogen) atoms. The topological polar surface area (TPSA) is 4.93 Å². The second kappa shape index (κ2) is 4.43. The zero-order valence-corrected chi connectivity index (χ0v) is 11.7. The number of benzene rings is 3. The molecule has 0 spiro atoms. The van der Waals surface area contributed by atoms with Crippen molar-refractivity contribution < 1.29 is 0 Å². The van der Waals surface area contributed by atoms with Crippen molar-refractivity contribution in [3.63, 3.8) is 0 Å². The minimum Gasteiger partial charge on any atom is -0.309 e. The van der Waals surface area contributed by atoms with Gasteiger partial charge in [0.15, 0.2) is 0 Å². The number of aromatic nitrogens is 1. The lowest BCUT2D eigenvalue weighted by Crippen LogP contribution is -1.92. The Morgan fingerprint density at radius 3 is 2.20 bits per heavy atom. The Bertz CT molecular complexity index is 907. The summed E-state index contributed by atoms with van der Waals surface area (Å²) in [6.07, 6.45) is 0. The first kappa shape index (κ1) is 11.6. The van der Waals surface area contributed by atoms with Crippen LogP contribution >= 0.6 is 12.6 Å². The summed E-state index contributed by atoms with van der Waals surface area (Å²) < 4.78 is 2.30. The predicted molar refractivity (Wildman–Crippen MR) is 88.0 cm³/mol. The average Bonchev–Trinajstić information content (AvgIpc) is 2.82. The molecular formula is C18H13NS. The molecule has 0 bridgehead atoms. The quantitative estimate of drug-likeness (QED) is 0.463.